The zero-order valence-electron chi connectivity index (χ0n) is 13.3. The lowest BCUT2D eigenvalue weighted by molar-refractivity contribution is -0.135. The highest BCUT2D eigenvalue weighted by Gasteiger charge is 2.41. The molecule has 2 heterocycles. The monoisotopic (exact) mass is 289 g/mol. The van der Waals surface area contributed by atoms with Crippen LogP contribution in [0.2, 0.25) is 0 Å². The summed E-state index contributed by atoms with van der Waals surface area (Å²) in [5.41, 5.74) is 1.03. The molecule has 0 unspecified atom stereocenters. The van der Waals surface area contributed by atoms with Crippen LogP contribution in [-0.2, 0) is 11.2 Å². The molecule has 2 rings (SSSR count). The first kappa shape index (κ1) is 15.9. The van der Waals surface area contributed by atoms with Gasteiger partial charge >= 0.3 is 0 Å². The quantitative estimate of drug-likeness (QED) is 0.773. The van der Waals surface area contributed by atoms with Gasteiger partial charge in [-0.15, -0.1) is 0 Å². The molecule has 1 aliphatic heterocycles. The van der Waals surface area contributed by atoms with Gasteiger partial charge in [-0.2, -0.15) is 0 Å². The van der Waals surface area contributed by atoms with E-state index < -0.39 is 0 Å². The van der Waals surface area contributed by atoms with Crippen molar-refractivity contribution in [3.63, 3.8) is 0 Å². The van der Waals surface area contributed by atoms with Gasteiger partial charge in [0.05, 0.1) is 5.69 Å². The number of hydrogen-bond acceptors (Lipinski definition) is 3. The second kappa shape index (κ2) is 7.53. The van der Waals surface area contributed by atoms with Crippen LogP contribution in [0.25, 0.3) is 0 Å². The van der Waals surface area contributed by atoms with E-state index >= 15 is 0 Å². The molecule has 0 aliphatic carbocycles. The second-order valence-electron chi connectivity index (χ2n) is 6.07. The molecule has 0 atom stereocenters. The number of carbonyl (C=O) groups is 1. The van der Waals surface area contributed by atoms with Crippen LogP contribution in [0.1, 0.15) is 64.5 Å². The van der Waals surface area contributed by atoms with E-state index in [9.17, 15) is 4.79 Å². The van der Waals surface area contributed by atoms with Gasteiger partial charge in [-0.05, 0) is 32.1 Å². The summed E-state index contributed by atoms with van der Waals surface area (Å²) in [5, 5.41) is 0. The average molecular weight is 289 g/mol. The molecule has 0 aromatic carbocycles. The largest absolute Gasteiger partial charge is 0.337 e. The topological polar surface area (TPSA) is 46.1 Å². The van der Waals surface area contributed by atoms with Crippen molar-refractivity contribution < 1.29 is 4.79 Å². The van der Waals surface area contributed by atoms with E-state index in [1.54, 1.807) is 18.6 Å². The smallest absolute Gasteiger partial charge is 0.223 e. The average Bonchev–Trinajstić information content (AvgIpc) is 2.90. The van der Waals surface area contributed by atoms with E-state index in [0.29, 0.717) is 18.7 Å². The summed E-state index contributed by atoms with van der Waals surface area (Å²) < 4.78 is 0. The Morgan fingerprint density at radius 2 is 2.05 bits per heavy atom. The van der Waals surface area contributed by atoms with Gasteiger partial charge in [-0.1, -0.05) is 26.7 Å². The minimum atomic E-state index is 0.128. The maximum atomic E-state index is 12.7. The predicted octanol–water partition coefficient (Wildman–Crippen LogP) is 3.37. The Morgan fingerprint density at radius 1 is 1.29 bits per heavy atom. The van der Waals surface area contributed by atoms with Crippen LogP contribution >= 0.6 is 0 Å². The molecule has 1 saturated heterocycles. The first-order valence-electron chi connectivity index (χ1n) is 8.27. The van der Waals surface area contributed by atoms with Crippen LogP contribution < -0.4 is 0 Å². The predicted molar refractivity (Wildman–Crippen MR) is 83.8 cm³/mol. The van der Waals surface area contributed by atoms with Crippen LogP contribution in [0.5, 0.6) is 0 Å². The highest BCUT2D eigenvalue weighted by Crippen LogP contribution is 2.38. The SMILES string of the molecule is CCCC1(CCC)CCCN1C(=O)CCc1cnccn1. The third-order valence-electron chi connectivity index (χ3n) is 4.54. The molecule has 0 bridgehead atoms. The molecule has 4 heteroatoms. The van der Waals surface area contributed by atoms with Gasteiger partial charge in [-0.25, -0.2) is 0 Å². The number of carbonyl (C=O) groups excluding carboxylic acids is 1. The summed E-state index contributed by atoms with van der Waals surface area (Å²) in [5.74, 6) is 0.292. The lowest BCUT2D eigenvalue weighted by atomic mass is 9.86. The zero-order chi connectivity index (χ0) is 15.1. The molecular formula is C17H27N3O. The van der Waals surface area contributed by atoms with Crippen LogP contribution in [0.15, 0.2) is 18.6 Å². The van der Waals surface area contributed by atoms with Crippen molar-refractivity contribution in [2.75, 3.05) is 6.54 Å². The van der Waals surface area contributed by atoms with Crippen molar-refractivity contribution >= 4 is 5.91 Å². The molecule has 0 spiro atoms. The van der Waals surface area contributed by atoms with Crippen molar-refractivity contribution in [3.05, 3.63) is 24.3 Å². The number of hydrogen-bond donors (Lipinski definition) is 0. The molecule has 1 aromatic rings. The number of aromatic nitrogens is 2. The molecule has 116 valence electrons. The number of aryl methyl sites for hydroxylation is 1. The van der Waals surface area contributed by atoms with Crippen molar-refractivity contribution in [2.24, 2.45) is 0 Å². The summed E-state index contributed by atoms with van der Waals surface area (Å²) in [7, 11) is 0. The third kappa shape index (κ3) is 3.80. The van der Waals surface area contributed by atoms with E-state index in [2.05, 4.69) is 28.7 Å². The highest BCUT2D eigenvalue weighted by molar-refractivity contribution is 5.77. The number of amides is 1. The van der Waals surface area contributed by atoms with Crippen LogP contribution in [-0.4, -0.2) is 32.9 Å². The first-order chi connectivity index (χ1) is 10.2. The molecule has 1 aromatic heterocycles. The highest BCUT2D eigenvalue weighted by atomic mass is 16.2. The molecule has 0 N–H and O–H groups in total. The molecule has 1 aliphatic rings. The minimum absolute atomic E-state index is 0.128. The van der Waals surface area contributed by atoms with Gasteiger partial charge in [-0.3, -0.25) is 14.8 Å². The van der Waals surface area contributed by atoms with Gasteiger partial charge in [0.15, 0.2) is 0 Å². The molecule has 0 radical (unpaired) electrons. The lowest BCUT2D eigenvalue weighted by Gasteiger charge is -2.39. The lowest BCUT2D eigenvalue weighted by Crippen LogP contribution is -2.47. The zero-order valence-corrected chi connectivity index (χ0v) is 13.3. The van der Waals surface area contributed by atoms with E-state index in [1.807, 2.05) is 0 Å². The maximum Gasteiger partial charge on any atom is 0.223 e. The Labute approximate surface area is 128 Å². The number of likely N-dealkylation sites (tertiary alicyclic amines) is 1. The third-order valence-corrected chi connectivity index (χ3v) is 4.54. The van der Waals surface area contributed by atoms with Crippen molar-refractivity contribution in [2.45, 2.75) is 70.8 Å². The Hall–Kier alpha value is -1.45. The first-order valence-corrected chi connectivity index (χ1v) is 8.27. The second-order valence-corrected chi connectivity index (χ2v) is 6.07. The maximum absolute atomic E-state index is 12.7. The van der Waals surface area contributed by atoms with Gasteiger partial charge in [0, 0.05) is 37.1 Å². The molecule has 1 amide bonds. The van der Waals surface area contributed by atoms with E-state index in [0.717, 1.165) is 44.3 Å². The van der Waals surface area contributed by atoms with Crippen molar-refractivity contribution in [1.29, 1.82) is 0 Å². The van der Waals surface area contributed by atoms with Gasteiger partial charge in [0.2, 0.25) is 5.91 Å². The summed E-state index contributed by atoms with van der Waals surface area (Å²) in [4.78, 5) is 23.2. The molecule has 1 fully saturated rings. The van der Waals surface area contributed by atoms with Crippen LogP contribution in [0.4, 0.5) is 0 Å². The standard InChI is InChI=1S/C17H27N3O/c1-3-8-17(9-4-2)10-5-13-20(17)16(21)7-6-15-14-18-11-12-19-15/h11-12,14H,3-10,13H2,1-2H3. The van der Waals surface area contributed by atoms with E-state index in [-0.39, 0.29) is 5.54 Å². The normalized spacial score (nSPS) is 17.1. The Morgan fingerprint density at radius 3 is 2.67 bits per heavy atom. The fourth-order valence-corrected chi connectivity index (χ4v) is 3.73. The Bertz CT molecular complexity index is 441. The van der Waals surface area contributed by atoms with Gasteiger partial charge in [0.1, 0.15) is 0 Å². The van der Waals surface area contributed by atoms with Crippen LogP contribution in [0, 0.1) is 0 Å². The summed E-state index contributed by atoms with van der Waals surface area (Å²) in [6.07, 6.45) is 13.2. The fourth-order valence-electron chi connectivity index (χ4n) is 3.73. The Balaban J connectivity index is 1.99. The summed E-state index contributed by atoms with van der Waals surface area (Å²) in [6.45, 7) is 5.37. The van der Waals surface area contributed by atoms with E-state index in [1.165, 1.54) is 6.42 Å². The summed E-state index contributed by atoms with van der Waals surface area (Å²) >= 11 is 0. The van der Waals surface area contributed by atoms with Crippen molar-refractivity contribution in [3.8, 4) is 0 Å². The van der Waals surface area contributed by atoms with Crippen molar-refractivity contribution in [1.82, 2.24) is 14.9 Å². The van der Waals surface area contributed by atoms with Gasteiger partial charge < -0.3 is 4.90 Å². The van der Waals surface area contributed by atoms with Gasteiger partial charge in [0.25, 0.3) is 0 Å². The summed E-state index contributed by atoms with van der Waals surface area (Å²) in [6, 6.07) is 0. The number of rotatable bonds is 7. The molecule has 21 heavy (non-hydrogen) atoms. The molecule has 0 saturated carbocycles. The number of nitrogens with zero attached hydrogens (tertiary/aromatic N) is 3. The molecular weight excluding hydrogens is 262 g/mol. The molecule has 4 nitrogen and oxygen atoms in total. The fraction of sp³-hybridized carbons (Fsp3) is 0.706. The van der Waals surface area contributed by atoms with E-state index in [4.69, 9.17) is 0 Å². The minimum Gasteiger partial charge on any atom is -0.337 e. The van der Waals surface area contributed by atoms with Crippen LogP contribution in [0.3, 0.4) is 0 Å². The Kier molecular flexibility index (Phi) is 5.71.